The predicted octanol–water partition coefficient (Wildman–Crippen LogP) is 2.92. The Morgan fingerprint density at radius 1 is 0.895 bits per heavy atom. The first-order valence-corrected chi connectivity index (χ1v) is 11.6. The number of para-hydroxylation sites is 1. The molecule has 1 atom stereocenters. The summed E-state index contributed by atoms with van der Waals surface area (Å²) in [4.78, 5) is 54.3. The molecule has 0 spiro atoms. The summed E-state index contributed by atoms with van der Waals surface area (Å²) in [5.74, 6) is -4.06. The molecule has 1 aromatic heterocycles. The van der Waals surface area contributed by atoms with Crippen LogP contribution in [-0.2, 0) is 20.8 Å². The van der Waals surface area contributed by atoms with Gasteiger partial charge in [0.1, 0.15) is 18.7 Å². The van der Waals surface area contributed by atoms with E-state index < -0.39 is 29.7 Å². The summed E-state index contributed by atoms with van der Waals surface area (Å²) in [6, 6.07) is 18.1. The van der Waals surface area contributed by atoms with Crippen LogP contribution < -0.4 is 16.0 Å². The highest BCUT2D eigenvalue weighted by molar-refractivity contribution is 6.40. The second kappa shape index (κ2) is 11.8. The molecule has 1 unspecified atom stereocenters. The van der Waals surface area contributed by atoms with Gasteiger partial charge in [0.25, 0.3) is 0 Å². The molecule has 4 aromatic rings. The molecule has 4 rings (SSSR count). The van der Waals surface area contributed by atoms with E-state index in [1.165, 1.54) is 41.6 Å². The number of carboxylic acids is 1. The molecule has 3 aromatic carbocycles. The monoisotopic (exact) mass is 532 g/mol. The molecule has 1 heterocycles. The minimum absolute atomic E-state index is 0.0440. The van der Waals surface area contributed by atoms with E-state index in [-0.39, 0.29) is 23.4 Å². The van der Waals surface area contributed by atoms with Gasteiger partial charge in [0, 0.05) is 11.4 Å². The van der Waals surface area contributed by atoms with Crippen molar-refractivity contribution in [2.45, 2.75) is 12.5 Å². The lowest BCUT2D eigenvalue weighted by atomic mass is 10.0. The average molecular weight is 533 g/mol. The largest absolute Gasteiger partial charge is 0.478 e. The van der Waals surface area contributed by atoms with Crippen LogP contribution in [-0.4, -0.2) is 49.6 Å². The van der Waals surface area contributed by atoms with Crippen molar-refractivity contribution in [2.75, 3.05) is 10.6 Å². The lowest BCUT2D eigenvalue weighted by Gasteiger charge is -2.19. The molecule has 0 radical (unpaired) electrons. The van der Waals surface area contributed by atoms with Crippen LogP contribution in [0.5, 0.6) is 0 Å². The van der Waals surface area contributed by atoms with Crippen LogP contribution in [0.2, 0.25) is 5.02 Å². The molecular formula is C26H21ClN6O5. The number of hydrogen-bond donors (Lipinski definition) is 4. The van der Waals surface area contributed by atoms with Crippen LogP contribution in [0.1, 0.15) is 15.9 Å². The number of halogens is 1. The second-order valence-electron chi connectivity index (χ2n) is 8.01. The standard InChI is InChI=1S/C26H21ClN6O5/c27-17-10-11-22(33-15-28-14-29-33)20(13-17)31-24(35)25(36)32-21(12-16-6-2-1-3-7-16)23(34)30-19-9-5-4-8-18(19)26(37)38/h1-11,13-15,21H,12H2,(H,30,34)(H,31,35)(H,32,36)(H,37,38). The van der Waals surface area contributed by atoms with Gasteiger partial charge in [-0.15, -0.1) is 0 Å². The van der Waals surface area contributed by atoms with Crippen LogP contribution in [0.4, 0.5) is 11.4 Å². The van der Waals surface area contributed by atoms with E-state index in [1.54, 1.807) is 48.5 Å². The van der Waals surface area contributed by atoms with Gasteiger partial charge in [-0.1, -0.05) is 54.1 Å². The summed E-state index contributed by atoms with van der Waals surface area (Å²) in [7, 11) is 0. The van der Waals surface area contributed by atoms with Gasteiger partial charge in [-0.25, -0.2) is 14.5 Å². The molecule has 0 aliphatic heterocycles. The Morgan fingerprint density at radius 2 is 1.63 bits per heavy atom. The van der Waals surface area contributed by atoms with Crippen LogP contribution in [0.15, 0.2) is 85.5 Å². The number of nitrogens with zero attached hydrogens (tertiary/aromatic N) is 3. The van der Waals surface area contributed by atoms with Crippen molar-refractivity contribution < 1.29 is 24.3 Å². The molecule has 11 nitrogen and oxygen atoms in total. The fraction of sp³-hybridized carbons (Fsp3) is 0.0769. The van der Waals surface area contributed by atoms with Crippen molar-refractivity contribution in [3.63, 3.8) is 0 Å². The summed E-state index contributed by atoms with van der Waals surface area (Å²) in [5.41, 5.74) is 1.26. The molecular weight excluding hydrogens is 512 g/mol. The molecule has 0 aliphatic rings. The van der Waals surface area contributed by atoms with Crippen molar-refractivity contribution in [1.82, 2.24) is 20.1 Å². The van der Waals surface area contributed by atoms with Gasteiger partial charge in [0.15, 0.2) is 0 Å². The highest BCUT2D eigenvalue weighted by Crippen LogP contribution is 2.24. The molecule has 0 aliphatic carbocycles. The molecule has 0 saturated heterocycles. The number of carboxylic acid groups (broad SMARTS) is 1. The molecule has 0 fully saturated rings. The number of carbonyl (C=O) groups is 4. The van der Waals surface area contributed by atoms with E-state index >= 15 is 0 Å². The van der Waals surface area contributed by atoms with Crippen molar-refractivity contribution in [1.29, 1.82) is 0 Å². The van der Waals surface area contributed by atoms with E-state index in [1.807, 2.05) is 0 Å². The maximum Gasteiger partial charge on any atom is 0.337 e. The zero-order valence-corrected chi connectivity index (χ0v) is 20.4. The van der Waals surface area contributed by atoms with Gasteiger partial charge in [0.2, 0.25) is 5.91 Å². The normalized spacial score (nSPS) is 11.3. The van der Waals surface area contributed by atoms with Crippen molar-refractivity contribution in [3.05, 3.63) is 102 Å². The SMILES string of the molecule is O=C(Nc1cc(Cl)ccc1-n1cncn1)C(=O)NC(Cc1ccccc1)C(=O)Nc1ccccc1C(=O)O. The van der Waals surface area contributed by atoms with Gasteiger partial charge < -0.3 is 21.1 Å². The Morgan fingerprint density at radius 3 is 2.34 bits per heavy atom. The number of amides is 3. The van der Waals surface area contributed by atoms with Gasteiger partial charge in [0.05, 0.1) is 22.6 Å². The number of rotatable bonds is 8. The fourth-order valence-electron chi connectivity index (χ4n) is 3.60. The third kappa shape index (κ3) is 6.39. The van der Waals surface area contributed by atoms with Crippen LogP contribution >= 0.6 is 11.6 Å². The summed E-state index contributed by atoms with van der Waals surface area (Å²) in [6.45, 7) is 0. The van der Waals surface area contributed by atoms with Crippen molar-refractivity contribution in [3.8, 4) is 5.69 Å². The maximum atomic E-state index is 13.2. The van der Waals surface area contributed by atoms with E-state index in [0.717, 1.165) is 0 Å². The average Bonchev–Trinajstić information content (AvgIpc) is 3.44. The first-order valence-electron chi connectivity index (χ1n) is 11.3. The topological polar surface area (TPSA) is 155 Å². The smallest absolute Gasteiger partial charge is 0.337 e. The third-order valence-electron chi connectivity index (χ3n) is 5.40. The van der Waals surface area contributed by atoms with E-state index in [4.69, 9.17) is 11.6 Å². The predicted molar refractivity (Wildman–Crippen MR) is 139 cm³/mol. The third-order valence-corrected chi connectivity index (χ3v) is 5.63. The van der Waals surface area contributed by atoms with E-state index in [9.17, 15) is 24.3 Å². The Kier molecular flexibility index (Phi) is 8.09. The first kappa shape index (κ1) is 26.0. The number of aromatic carboxylic acids is 1. The zero-order valence-electron chi connectivity index (χ0n) is 19.7. The Bertz CT molecular complexity index is 1480. The quantitative estimate of drug-likeness (QED) is 0.254. The summed E-state index contributed by atoms with van der Waals surface area (Å²) in [5, 5.41) is 21.2. The first-order chi connectivity index (χ1) is 18.3. The van der Waals surface area contributed by atoms with Crippen LogP contribution in [0.25, 0.3) is 5.69 Å². The Labute approximate surface area is 221 Å². The zero-order chi connectivity index (χ0) is 27.1. The maximum absolute atomic E-state index is 13.2. The van der Waals surface area contributed by atoms with Gasteiger partial charge in [-0.05, 0) is 35.9 Å². The second-order valence-corrected chi connectivity index (χ2v) is 8.45. The van der Waals surface area contributed by atoms with E-state index in [0.29, 0.717) is 16.3 Å². The molecule has 38 heavy (non-hydrogen) atoms. The summed E-state index contributed by atoms with van der Waals surface area (Å²) < 4.78 is 1.38. The number of carbonyl (C=O) groups excluding carboxylic acids is 3. The highest BCUT2D eigenvalue weighted by atomic mass is 35.5. The lowest BCUT2D eigenvalue weighted by molar-refractivity contribution is -0.137. The lowest BCUT2D eigenvalue weighted by Crippen LogP contribution is -2.49. The molecule has 3 amide bonds. The Hall–Kier alpha value is -5.03. The van der Waals surface area contributed by atoms with Gasteiger partial charge in [-0.2, -0.15) is 5.10 Å². The molecule has 12 heteroatoms. The highest BCUT2D eigenvalue weighted by Gasteiger charge is 2.26. The number of aromatic nitrogens is 3. The van der Waals surface area contributed by atoms with Crippen LogP contribution in [0.3, 0.4) is 0 Å². The van der Waals surface area contributed by atoms with E-state index in [2.05, 4.69) is 26.0 Å². The van der Waals surface area contributed by atoms with Crippen molar-refractivity contribution in [2.24, 2.45) is 0 Å². The molecule has 0 bridgehead atoms. The number of benzene rings is 3. The number of hydrogen-bond acceptors (Lipinski definition) is 6. The molecule has 0 saturated carbocycles. The van der Waals surface area contributed by atoms with Crippen molar-refractivity contribution >= 4 is 46.7 Å². The van der Waals surface area contributed by atoms with Crippen LogP contribution in [0, 0.1) is 0 Å². The molecule has 192 valence electrons. The van der Waals surface area contributed by atoms with Gasteiger partial charge >= 0.3 is 17.8 Å². The minimum atomic E-state index is -1.23. The fourth-order valence-corrected chi connectivity index (χ4v) is 3.77. The number of nitrogens with one attached hydrogen (secondary N) is 3. The minimum Gasteiger partial charge on any atom is -0.478 e. The molecule has 4 N–H and O–H groups in total. The summed E-state index contributed by atoms with van der Waals surface area (Å²) in [6.07, 6.45) is 2.76. The Balaban J connectivity index is 1.54. The number of anilines is 2. The summed E-state index contributed by atoms with van der Waals surface area (Å²) >= 11 is 6.08. The van der Waals surface area contributed by atoms with Gasteiger partial charge in [-0.3, -0.25) is 14.4 Å².